The highest BCUT2D eigenvalue weighted by Crippen LogP contribution is 2.48. The van der Waals surface area contributed by atoms with Crippen molar-refractivity contribution in [2.45, 2.75) is 302 Å². The Morgan fingerprint density at radius 1 is 0.371 bits per heavy atom. The highest BCUT2D eigenvalue weighted by molar-refractivity contribution is 5.77. The van der Waals surface area contributed by atoms with Crippen molar-refractivity contribution in [1.82, 2.24) is 0 Å². The van der Waals surface area contributed by atoms with Crippen LogP contribution < -0.4 is 14.2 Å². The Morgan fingerprint density at radius 3 is 0.876 bits per heavy atom. The monoisotopic (exact) mass is 1320 g/mol. The van der Waals surface area contributed by atoms with E-state index in [0.717, 1.165) is 128 Å². The summed E-state index contributed by atoms with van der Waals surface area (Å²) in [5, 5.41) is 32.9. The van der Waals surface area contributed by atoms with Gasteiger partial charge in [0.2, 0.25) is 0 Å². The van der Waals surface area contributed by atoms with E-state index >= 15 is 0 Å². The van der Waals surface area contributed by atoms with Gasteiger partial charge in [0.05, 0.1) is 19.3 Å². The Labute approximate surface area is 586 Å². The van der Waals surface area contributed by atoms with Crippen molar-refractivity contribution in [3.05, 3.63) is 174 Å². The highest BCUT2D eigenvalue weighted by atomic mass is 16.5. The van der Waals surface area contributed by atoms with Crippen LogP contribution in [-0.4, -0.2) is 33.2 Å². The predicted molar refractivity (Wildman–Crippen MR) is 402 cm³/mol. The number of benzene rings is 6. The molecule has 9 heteroatoms. The van der Waals surface area contributed by atoms with Crippen molar-refractivity contribution in [3.8, 4) is 34.5 Å². The van der Waals surface area contributed by atoms with E-state index < -0.39 is 0 Å². The highest BCUT2D eigenvalue weighted by Gasteiger charge is 2.36. The number of phenols is 3. The lowest BCUT2D eigenvalue weighted by Crippen LogP contribution is -2.25. The van der Waals surface area contributed by atoms with Gasteiger partial charge in [0.15, 0.2) is 0 Å². The second-order valence-corrected chi connectivity index (χ2v) is 34.8. The molecule has 0 radical (unpaired) electrons. The van der Waals surface area contributed by atoms with Gasteiger partial charge in [-0.1, -0.05) is 244 Å². The SMILES string of the molecule is CCCCc1cc(C(C)CC(c2cc(C)c(OC(=O)CC(c3ccc(O)c(C(C)(C)C)c3)C(C)(C)C)c(CCCC)c2)c2cc(C)c(OC(=O)CC(c3ccc(O)c(C(C)(C)C)c3)C(C)(C)C)c(CCCC)c2)cc(C)c1OC(=O)CC(c1ccc(O)c(C(C)(C)C)c1)C(C)(C)C. The molecule has 0 heterocycles. The summed E-state index contributed by atoms with van der Waals surface area (Å²) in [4.78, 5) is 43.9. The van der Waals surface area contributed by atoms with Gasteiger partial charge in [-0.05, 0) is 224 Å². The van der Waals surface area contributed by atoms with E-state index in [1.54, 1.807) is 18.2 Å². The quantitative estimate of drug-likeness (QED) is 0.0358. The molecule has 4 unspecified atom stereocenters. The molecule has 3 N–H and O–H groups in total. The molecule has 0 amide bonds. The minimum Gasteiger partial charge on any atom is -0.508 e. The van der Waals surface area contributed by atoms with Crippen molar-refractivity contribution in [3.63, 3.8) is 0 Å². The standard InChI is InChI=1S/C88H124O9/c1-26-29-32-61-45-64(41-55(5)80(61)95-77(92)51-68(83(8,9)10)58-35-38-74(89)71(48-58)86(17,18)19)54(4)44-67(65-42-56(6)81(62(46-65)33-30-27-2)96-78(93)52-69(84(11,12)13)59-36-39-75(90)72(49-59)87(20,21)22)66-43-57(7)82(63(47-66)34-31-28-3)97-79(94)53-70(85(14,15)16)60-37-40-76(91)73(50-60)88(23,24)25/h35-43,45-50,54,67-70,89-91H,26-34,44,51-53H2,1-25H3. The van der Waals surface area contributed by atoms with E-state index in [2.05, 4.69) is 228 Å². The second kappa shape index (κ2) is 32.0. The Morgan fingerprint density at radius 2 is 0.629 bits per heavy atom. The zero-order chi connectivity index (χ0) is 72.7. The lowest BCUT2D eigenvalue weighted by atomic mass is 9.73. The largest absolute Gasteiger partial charge is 0.508 e. The van der Waals surface area contributed by atoms with E-state index in [0.29, 0.717) is 36.5 Å². The third-order valence-corrected chi connectivity index (χ3v) is 20.1. The molecule has 0 saturated heterocycles. The molecule has 530 valence electrons. The maximum atomic E-state index is 14.7. The van der Waals surface area contributed by atoms with Crippen molar-refractivity contribution in [2.24, 2.45) is 16.2 Å². The van der Waals surface area contributed by atoms with E-state index in [4.69, 9.17) is 14.2 Å². The minimum absolute atomic E-state index is 0.000437. The summed E-state index contributed by atoms with van der Waals surface area (Å²) in [6.45, 7) is 53.2. The third-order valence-electron chi connectivity index (χ3n) is 20.1. The summed E-state index contributed by atoms with van der Waals surface area (Å²) >= 11 is 0. The summed E-state index contributed by atoms with van der Waals surface area (Å²) in [6.07, 6.45) is 8.92. The Hall–Kier alpha value is -6.87. The number of hydrogen-bond donors (Lipinski definition) is 3. The van der Waals surface area contributed by atoms with E-state index in [1.807, 2.05) is 18.2 Å². The first kappa shape index (κ1) is 79.1. The average molecular weight is 1330 g/mol. The van der Waals surface area contributed by atoms with Crippen molar-refractivity contribution in [1.29, 1.82) is 0 Å². The van der Waals surface area contributed by atoms with Gasteiger partial charge in [-0.15, -0.1) is 0 Å². The molecular weight excluding hydrogens is 1200 g/mol. The number of esters is 3. The molecule has 6 aromatic carbocycles. The van der Waals surface area contributed by atoms with Crippen LogP contribution in [0.4, 0.5) is 0 Å². The van der Waals surface area contributed by atoms with Crippen molar-refractivity contribution in [2.75, 3.05) is 0 Å². The molecule has 0 aliphatic rings. The third kappa shape index (κ3) is 20.9. The molecule has 0 aliphatic carbocycles. The lowest BCUT2D eigenvalue weighted by molar-refractivity contribution is -0.136. The number of aromatic hydroxyl groups is 3. The first-order chi connectivity index (χ1) is 44.9. The number of hydrogen-bond acceptors (Lipinski definition) is 9. The van der Waals surface area contributed by atoms with Crippen LogP contribution in [0.15, 0.2) is 91.0 Å². The normalized spacial score (nSPS) is 14.2. The van der Waals surface area contributed by atoms with Crippen molar-refractivity contribution < 1.29 is 43.9 Å². The smallest absolute Gasteiger partial charge is 0.311 e. The number of carbonyl (C=O) groups is 3. The van der Waals surface area contributed by atoms with Crippen LogP contribution in [0.3, 0.4) is 0 Å². The first-order valence-electron chi connectivity index (χ1n) is 36.4. The van der Waals surface area contributed by atoms with Crippen LogP contribution in [0.25, 0.3) is 0 Å². The molecule has 0 spiro atoms. The van der Waals surface area contributed by atoms with Gasteiger partial charge in [0.1, 0.15) is 34.5 Å². The molecule has 6 rings (SSSR count). The van der Waals surface area contributed by atoms with Crippen LogP contribution in [0.5, 0.6) is 34.5 Å². The van der Waals surface area contributed by atoms with Gasteiger partial charge < -0.3 is 29.5 Å². The number of aryl methyl sites for hydroxylation is 6. The fourth-order valence-electron chi connectivity index (χ4n) is 14.2. The van der Waals surface area contributed by atoms with Crippen LogP contribution in [0.1, 0.15) is 330 Å². The number of unbranched alkanes of at least 4 members (excludes halogenated alkanes) is 3. The summed E-state index contributed by atoms with van der Waals surface area (Å²) in [6, 6.07) is 30.8. The summed E-state index contributed by atoms with van der Waals surface area (Å²) in [5.74, 6) is 0.966. The summed E-state index contributed by atoms with van der Waals surface area (Å²) in [5.41, 5.74) is 12.7. The Bertz CT molecular complexity index is 3540. The van der Waals surface area contributed by atoms with Gasteiger partial charge in [-0.25, -0.2) is 0 Å². The molecule has 0 aliphatic heterocycles. The minimum atomic E-state index is -0.304. The zero-order valence-corrected chi connectivity index (χ0v) is 64.5. The molecule has 4 atom stereocenters. The second-order valence-electron chi connectivity index (χ2n) is 34.8. The van der Waals surface area contributed by atoms with Crippen LogP contribution in [0, 0.1) is 37.0 Å². The average Bonchev–Trinajstić information content (AvgIpc) is 0.922. The van der Waals surface area contributed by atoms with Gasteiger partial charge >= 0.3 is 17.9 Å². The molecule has 0 saturated carbocycles. The van der Waals surface area contributed by atoms with Crippen LogP contribution in [0.2, 0.25) is 0 Å². The molecule has 9 nitrogen and oxygen atoms in total. The van der Waals surface area contributed by atoms with Crippen LogP contribution in [-0.2, 0) is 49.9 Å². The lowest BCUT2D eigenvalue weighted by Gasteiger charge is -2.32. The van der Waals surface area contributed by atoms with Crippen LogP contribution >= 0.6 is 0 Å². The number of ether oxygens (including phenoxy) is 3. The molecule has 6 aromatic rings. The van der Waals surface area contributed by atoms with E-state index in [1.165, 1.54) is 0 Å². The van der Waals surface area contributed by atoms with Gasteiger partial charge in [-0.2, -0.15) is 0 Å². The Balaban J connectivity index is 1.48. The van der Waals surface area contributed by atoms with E-state index in [9.17, 15) is 29.7 Å². The first-order valence-corrected chi connectivity index (χ1v) is 36.4. The number of phenolic OH excluding ortho intramolecular Hbond substituents is 3. The summed E-state index contributed by atoms with van der Waals surface area (Å²) in [7, 11) is 0. The fourth-order valence-corrected chi connectivity index (χ4v) is 14.2. The van der Waals surface area contributed by atoms with Gasteiger partial charge in [-0.3, -0.25) is 14.4 Å². The maximum Gasteiger partial charge on any atom is 0.311 e. The maximum absolute atomic E-state index is 14.7. The van der Waals surface area contributed by atoms with Crippen molar-refractivity contribution >= 4 is 17.9 Å². The van der Waals surface area contributed by atoms with E-state index in [-0.39, 0.29) is 116 Å². The molecular formula is C88H124O9. The molecule has 0 fully saturated rings. The number of carbonyl (C=O) groups excluding carboxylic acids is 3. The predicted octanol–water partition coefficient (Wildman–Crippen LogP) is 23.4. The number of rotatable bonds is 26. The summed E-state index contributed by atoms with van der Waals surface area (Å²) < 4.78 is 19.9. The molecule has 0 aromatic heterocycles. The fraction of sp³-hybridized carbons (Fsp3) is 0.557. The zero-order valence-electron chi connectivity index (χ0n) is 64.5. The van der Waals surface area contributed by atoms with Gasteiger partial charge in [0.25, 0.3) is 0 Å². The van der Waals surface area contributed by atoms with Gasteiger partial charge in [0, 0.05) is 5.92 Å². The molecule has 97 heavy (non-hydrogen) atoms. The molecule has 0 bridgehead atoms. The Kier molecular flexibility index (Phi) is 26.1. The topological polar surface area (TPSA) is 140 Å².